The molecule has 33 heavy (non-hydrogen) atoms. The van der Waals surface area contributed by atoms with Gasteiger partial charge in [0, 0.05) is 11.3 Å². The number of benzene rings is 2. The van der Waals surface area contributed by atoms with Crippen LogP contribution in [0.2, 0.25) is 5.02 Å². The maximum atomic E-state index is 12.6. The van der Waals surface area contributed by atoms with E-state index in [1.54, 1.807) is 49.4 Å². The first-order valence-electron chi connectivity index (χ1n) is 9.90. The van der Waals surface area contributed by atoms with Crippen molar-refractivity contribution in [2.45, 2.75) is 13.8 Å². The Bertz CT molecular complexity index is 1270. The monoisotopic (exact) mass is 469 g/mol. The van der Waals surface area contributed by atoms with E-state index < -0.39 is 24.0 Å². The second-order valence-electron chi connectivity index (χ2n) is 6.75. The number of ether oxygens (including phenoxy) is 2. The molecule has 3 aromatic rings. The molecule has 0 aliphatic heterocycles. The van der Waals surface area contributed by atoms with Crippen molar-refractivity contribution < 1.29 is 23.9 Å². The molecule has 0 bridgehead atoms. The highest BCUT2D eigenvalue weighted by molar-refractivity contribution is 6.32. The van der Waals surface area contributed by atoms with Crippen molar-refractivity contribution in [1.82, 2.24) is 9.78 Å². The predicted octanol–water partition coefficient (Wildman–Crippen LogP) is 3.28. The fourth-order valence-corrected chi connectivity index (χ4v) is 3.06. The number of nitrogens with one attached hydrogen (secondary N) is 1. The maximum Gasteiger partial charge on any atom is 0.362 e. The maximum absolute atomic E-state index is 12.6. The number of para-hydroxylation sites is 1. The van der Waals surface area contributed by atoms with Crippen LogP contribution in [0.5, 0.6) is 5.75 Å². The molecule has 170 valence electrons. The normalized spacial score (nSPS) is 10.4. The smallest absolute Gasteiger partial charge is 0.362 e. The van der Waals surface area contributed by atoms with Crippen molar-refractivity contribution in [3.8, 4) is 11.4 Å². The largest absolute Gasteiger partial charge is 0.481 e. The Kier molecular flexibility index (Phi) is 7.57. The van der Waals surface area contributed by atoms with E-state index in [1.165, 1.54) is 13.0 Å². The number of rotatable bonds is 8. The van der Waals surface area contributed by atoms with Crippen LogP contribution in [0, 0.1) is 0 Å². The number of amides is 1. The third-order valence-corrected chi connectivity index (χ3v) is 4.68. The zero-order valence-corrected chi connectivity index (χ0v) is 18.6. The lowest BCUT2D eigenvalue weighted by molar-refractivity contribution is -0.118. The van der Waals surface area contributed by atoms with Crippen LogP contribution in [0.1, 0.15) is 34.7 Å². The number of ketones is 1. The van der Waals surface area contributed by atoms with Gasteiger partial charge in [-0.1, -0.05) is 35.9 Å². The topological polar surface area (TPSA) is 117 Å². The van der Waals surface area contributed by atoms with Gasteiger partial charge >= 0.3 is 5.97 Å². The number of aromatic nitrogens is 2. The highest BCUT2D eigenvalue weighted by atomic mass is 35.5. The first kappa shape index (κ1) is 23.7. The Hall–Kier alpha value is -3.98. The first-order valence-corrected chi connectivity index (χ1v) is 10.3. The van der Waals surface area contributed by atoms with Gasteiger partial charge in [0.1, 0.15) is 0 Å². The average Bonchev–Trinajstić information content (AvgIpc) is 2.78. The lowest BCUT2D eigenvalue weighted by Gasteiger charge is -2.13. The Balaban J connectivity index is 1.85. The summed E-state index contributed by atoms with van der Waals surface area (Å²) in [7, 11) is 0. The van der Waals surface area contributed by atoms with E-state index >= 15 is 0 Å². The van der Waals surface area contributed by atoms with Gasteiger partial charge in [0.2, 0.25) is 5.69 Å². The van der Waals surface area contributed by atoms with E-state index in [9.17, 15) is 19.2 Å². The first-order chi connectivity index (χ1) is 15.8. The van der Waals surface area contributed by atoms with Crippen molar-refractivity contribution in [3.63, 3.8) is 0 Å². The fraction of sp³-hybridized carbons (Fsp3) is 0.174. The zero-order chi connectivity index (χ0) is 24.0. The number of carbonyl (C=O) groups is 3. The van der Waals surface area contributed by atoms with Gasteiger partial charge in [-0.15, -0.1) is 0 Å². The number of Topliss-reactive ketones (excluding diaryl/α,β-unsaturated/α-hetero) is 1. The summed E-state index contributed by atoms with van der Waals surface area (Å²) in [6.07, 6.45) is 0. The number of esters is 1. The molecular weight excluding hydrogens is 450 g/mol. The Morgan fingerprint density at radius 1 is 1.09 bits per heavy atom. The summed E-state index contributed by atoms with van der Waals surface area (Å²) in [5.74, 6) is -1.76. The Morgan fingerprint density at radius 2 is 1.85 bits per heavy atom. The van der Waals surface area contributed by atoms with Gasteiger partial charge in [0.25, 0.3) is 11.5 Å². The van der Waals surface area contributed by atoms with Crippen LogP contribution in [0.3, 0.4) is 0 Å². The molecule has 0 saturated heterocycles. The minimum atomic E-state index is -0.831. The van der Waals surface area contributed by atoms with Crippen LogP contribution in [0.25, 0.3) is 5.69 Å². The standard InChI is InChI=1S/C23H20ClN3O6/c1-3-32-23(31)22-19(12-21(30)27(26-22)18-10-5-4-9-17(18)24)33-13-20(29)25-16-8-6-7-15(11-16)14(2)28/h4-12H,3,13H2,1-2H3,(H,25,29). The molecule has 1 amide bonds. The number of hydrogen-bond donors (Lipinski definition) is 1. The molecule has 1 aromatic heterocycles. The van der Waals surface area contributed by atoms with Crippen LogP contribution in [0.4, 0.5) is 5.69 Å². The number of halogens is 1. The molecule has 0 unspecified atom stereocenters. The SMILES string of the molecule is CCOC(=O)c1nn(-c2ccccc2Cl)c(=O)cc1OCC(=O)Nc1cccc(C(C)=O)c1. The highest BCUT2D eigenvalue weighted by Gasteiger charge is 2.21. The molecule has 2 aromatic carbocycles. The van der Waals surface area contributed by atoms with E-state index in [-0.39, 0.29) is 34.5 Å². The van der Waals surface area contributed by atoms with Crippen molar-refractivity contribution in [2.75, 3.05) is 18.5 Å². The third kappa shape index (κ3) is 5.83. The highest BCUT2D eigenvalue weighted by Crippen LogP contribution is 2.21. The summed E-state index contributed by atoms with van der Waals surface area (Å²) in [6.45, 7) is 2.58. The second-order valence-corrected chi connectivity index (χ2v) is 7.16. The van der Waals surface area contributed by atoms with Crippen LogP contribution >= 0.6 is 11.6 Å². The van der Waals surface area contributed by atoms with Gasteiger partial charge < -0.3 is 14.8 Å². The van der Waals surface area contributed by atoms with E-state index in [1.807, 2.05) is 0 Å². The van der Waals surface area contributed by atoms with Crippen LogP contribution in [-0.2, 0) is 9.53 Å². The van der Waals surface area contributed by atoms with E-state index in [0.29, 0.717) is 11.3 Å². The molecule has 9 nitrogen and oxygen atoms in total. The molecule has 0 atom stereocenters. The zero-order valence-electron chi connectivity index (χ0n) is 17.8. The molecule has 0 radical (unpaired) electrons. The number of hydrogen-bond acceptors (Lipinski definition) is 7. The van der Waals surface area contributed by atoms with Crippen molar-refractivity contribution in [1.29, 1.82) is 0 Å². The summed E-state index contributed by atoms with van der Waals surface area (Å²) in [4.78, 5) is 48.9. The van der Waals surface area contributed by atoms with Crippen LogP contribution in [0.15, 0.2) is 59.4 Å². The molecule has 1 N–H and O–H groups in total. The van der Waals surface area contributed by atoms with Crippen molar-refractivity contribution in [3.05, 3.63) is 81.2 Å². The quantitative estimate of drug-likeness (QED) is 0.397. The molecule has 0 aliphatic rings. The van der Waals surface area contributed by atoms with Gasteiger partial charge in [-0.3, -0.25) is 14.4 Å². The third-order valence-electron chi connectivity index (χ3n) is 4.36. The summed E-state index contributed by atoms with van der Waals surface area (Å²) < 4.78 is 11.4. The molecule has 1 heterocycles. The Morgan fingerprint density at radius 3 is 2.55 bits per heavy atom. The van der Waals surface area contributed by atoms with Crippen LogP contribution in [-0.4, -0.2) is 40.7 Å². The lowest BCUT2D eigenvalue weighted by atomic mass is 10.1. The average molecular weight is 470 g/mol. The number of anilines is 1. The summed E-state index contributed by atoms with van der Waals surface area (Å²) in [5.41, 5.74) is 0.188. The Labute approximate surface area is 193 Å². The van der Waals surface area contributed by atoms with Crippen molar-refractivity contribution in [2.24, 2.45) is 0 Å². The van der Waals surface area contributed by atoms with Gasteiger partial charge in [-0.05, 0) is 38.1 Å². The molecule has 3 rings (SSSR count). The number of carbonyl (C=O) groups excluding carboxylic acids is 3. The second kappa shape index (κ2) is 10.6. The van der Waals surface area contributed by atoms with Gasteiger partial charge in [-0.2, -0.15) is 9.78 Å². The van der Waals surface area contributed by atoms with E-state index in [0.717, 1.165) is 10.7 Å². The molecule has 0 spiro atoms. The molecular formula is C23H20ClN3O6. The molecule has 0 fully saturated rings. The molecule has 0 aliphatic carbocycles. The lowest BCUT2D eigenvalue weighted by Crippen LogP contribution is -2.27. The van der Waals surface area contributed by atoms with E-state index in [2.05, 4.69) is 10.4 Å². The number of nitrogens with zero attached hydrogens (tertiary/aromatic N) is 2. The summed E-state index contributed by atoms with van der Waals surface area (Å²) >= 11 is 6.15. The summed E-state index contributed by atoms with van der Waals surface area (Å²) in [6, 6.07) is 13.9. The minimum Gasteiger partial charge on any atom is -0.481 e. The summed E-state index contributed by atoms with van der Waals surface area (Å²) in [5, 5.41) is 6.91. The molecule has 0 saturated carbocycles. The van der Waals surface area contributed by atoms with Crippen molar-refractivity contribution >= 4 is 34.9 Å². The van der Waals surface area contributed by atoms with Gasteiger partial charge in [-0.25, -0.2) is 4.79 Å². The fourth-order valence-electron chi connectivity index (χ4n) is 2.84. The predicted molar refractivity (Wildman–Crippen MR) is 121 cm³/mol. The van der Waals surface area contributed by atoms with Gasteiger partial charge in [0.15, 0.2) is 18.1 Å². The van der Waals surface area contributed by atoms with Gasteiger partial charge in [0.05, 0.1) is 23.4 Å². The molecule has 10 heteroatoms. The van der Waals surface area contributed by atoms with E-state index in [4.69, 9.17) is 21.1 Å². The van der Waals surface area contributed by atoms with Crippen LogP contribution < -0.4 is 15.6 Å². The minimum absolute atomic E-state index is 0.0676.